The van der Waals surface area contributed by atoms with E-state index in [0.29, 0.717) is 17.7 Å². The molecule has 1 saturated heterocycles. The Balaban J connectivity index is 1.74. The maximum Gasteiger partial charge on any atom is 0.340 e. The average molecular weight is 400 g/mol. The van der Waals surface area contributed by atoms with Gasteiger partial charge in [0.1, 0.15) is 0 Å². The highest BCUT2D eigenvalue weighted by Gasteiger charge is 2.49. The molecule has 1 fully saturated rings. The number of carbonyl (C=O) groups is 2. The number of nitrogens with one attached hydrogen (secondary N) is 1. The summed E-state index contributed by atoms with van der Waals surface area (Å²) in [6.07, 6.45) is 0.742. The Bertz CT molecular complexity index is 854. The predicted molar refractivity (Wildman–Crippen MR) is 97.9 cm³/mol. The summed E-state index contributed by atoms with van der Waals surface area (Å²) in [4.78, 5) is 25.7. The number of carbonyl (C=O) groups excluding carboxylic acids is 2. The quantitative estimate of drug-likeness (QED) is 0.629. The number of rotatable bonds is 3. The molecule has 128 valence electrons. The molecule has 4 nitrogen and oxygen atoms in total. The second-order valence-electron chi connectivity index (χ2n) is 6.68. The van der Waals surface area contributed by atoms with Gasteiger partial charge in [0.2, 0.25) is 0 Å². The lowest BCUT2D eigenvalue weighted by Gasteiger charge is -2.21. The first-order chi connectivity index (χ1) is 12.0. The van der Waals surface area contributed by atoms with Crippen molar-refractivity contribution in [2.75, 3.05) is 13.1 Å². The van der Waals surface area contributed by atoms with E-state index in [1.165, 1.54) is 0 Å². The minimum absolute atomic E-state index is 0.0564. The van der Waals surface area contributed by atoms with Crippen LogP contribution in [-0.4, -0.2) is 24.8 Å². The first kappa shape index (κ1) is 16.5. The Labute approximate surface area is 154 Å². The molecule has 0 bridgehead atoms. The van der Waals surface area contributed by atoms with Gasteiger partial charge in [0, 0.05) is 34.5 Å². The summed E-state index contributed by atoms with van der Waals surface area (Å²) in [5.41, 5.74) is 2.07. The molecule has 0 aromatic heterocycles. The highest BCUT2D eigenvalue weighted by Crippen LogP contribution is 2.42. The van der Waals surface area contributed by atoms with Crippen LogP contribution in [0.2, 0.25) is 0 Å². The van der Waals surface area contributed by atoms with Crippen molar-refractivity contribution in [1.29, 1.82) is 0 Å². The van der Waals surface area contributed by atoms with Crippen molar-refractivity contribution < 1.29 is 14.3 Å². The van der Waals surface area contributed by atoms with E-state index >= 15 is 0 Å². The Morgan fingerprint density at radius 1 is 1.24 bits per heavy atom. The van der Waals surface area contributed by atoms with Crippen LogP contribution in [0, 0.1) is 0 Å². The molecule has 0 amide bonds. The van der Waals surface area contributed by atoms with E-state index in [9.17, 15) is 9.59 Å². The molecule has 2 aliphatic heterocycles. The van der Waals surface area contributed by atoms with Gasteiger partial charge in [0.15, 0.2) is 11.4 Å². The molecule has 2 aromatic carbocycles. The van der Waals surface area contributed by atoms with Crippen molar-refractivity contribution in [1.82, 2.24) is 5.32 Å². The SMILES string of the molecule is CC(C(=O)c1cccc2c1C(=O)OC21CCNC1)c1ccc(Br)cc1. The van der Waals surface area contributed by atoms with Gasteiger partial charge in [0.05, 0.1) is 5.56 Å². The third kappa shape index (κ3) is 2.62. The number of halogens is 1. The molecule has 2 heterocycles. The molecule has 2 aromatic rings. The Hall–Kier alpha value is -1.98. The summed E-state index contributed by atoms with van der Waals surface area (Å²) >= 11 is 3.41. The number of benzene rings is 2. The zero-order valence-electron chi connectivity index (χ0n) is 13.8. The van der Waals surface area contributed by atoms with E-state index in [1.807, 2.05) is 43.3 Å². The van der Waals surface area contributed by atoms with E-state index in [2.05, 4.69) is 21.2 Å². The second-order valence-corrected chi connectivity index (χ2v) is 7.59. The molecule has 1 N–H and O–H groups in total. The van der Waals surface area contributed by atoms with Gasteiger partial charge in [-0.15, -0.1) is 0 Å². The largest absolute Gasteiger partial charge is 0.449 e. The van der Waals surface area contributed by atoms with E-state index in [4.69, 9.17) is 4.74 Å². The lowest BCUT2D eigenvalue weighted by Crippen LogP contribution is -2.28. The highest BCUT2D eigenvalue weighted by atomic mass is 79.9. The summed E-state index contributed by atoms with van der Waals surface area (Å²) in [6.45, 7) is 3.28. The van der Waals surface area contributed by atoms with Crippen LogP contribution in [0.15, 0.2) is 46.9 Å². The first-order valence-corrected chi connectivity index (χ1v) is 9.18. The molecular formula is C20H18BrNO3. The zero-order chi connectivity index (χ0) is 17.6. The summed E-state index contributed by atoms with van der Waals surface area (Å²) in [6, 6.07) is 13.2. The van der Waals surface area contributed by atoms with Gasteiger partial charge in [-0.25, -0.2) is 4.79 Å². The van der Waals surface area contributed by atoms with E-state index in [-0.39, 0.29) is 17.7 Å². The second kappa shape index (κ2) is 6.07. The number of ketones is 1. The fourth-order valence-corrected chi connectivity index (χ4v) is 4.03. The number of ether oxygens (including phenoxy) is 1. The minimum Gasteiger partial charge on any atom is -0.449 e. The topological polar surface area (TPSA) is 55.4 Å². The van der Waals surface area contributed by atoms with Crippen molar-refractivity contribution >= 4 is 27.7 Å². The van der Waals surface area contributed by atoms with Crippen molar-refractivity contribution in [3.8, 4) is 0 Å². The van der Waals surface area contributed by atoms with Crippen LogP contribution in [-0.2, 0) is 10.3 Å². The Morgan fingerprint density at radius 3 is 2.68 bits per heavy atom. The third-order valence-corrected chi connectivity index (χ3v) is 5.72. The summed E-state index contributed by atoms with van der Waals surface area (Å²) in [7, 11) is 0. The Morgan fingerprint density at radius 2 is 2.00 bits per heavy atom. The van der Waals surface area contributed by atoms with Crippen LogP contribution in [0.5, 0.6) is 0 Å². The Kier molecular flexibility index (Phi) is 4.01. The molecule has 4 rings (SSSR count). The molecular weight excluding hydrogens is 382 g/mol. The fraction of sp³-hybridized carbons (Fsp3) is 0.300. The van der Waals surface area contributed by atoms with Crippen LogP contribution in [0.1, 0.15) is 51.1 Å². The fourth-order valence-electron chi connectivity index (χ4n) is 3.76. The number of hydrogen-bond donors (Lipinski definition) is 1. The molecule has 5 heteroatoms. The number of Topliss-reactive ketones (excluding diaryl/α,β-unsaturated/α-hetero) is 1. The van der Waals surface area contributed by atoms with Crippen molar-refractivity contribution in [2.24, 2.45) is 0 Å². The van der Waals surface area contributed by atoms with Crippen molar-refractivity contribution in [2.45, 2.75) is 24.9 Å². The lowest BCUT2D eigenvalue weighted by atomic mass is 9.85. The normalized spacial score (nSPS) is 22.7. The van der Waals surface area contributed by atoms with E-state index in [1.54, 1.807) is 6.07 Å². The minimum atomic E-state index is -0.608. The molecule has 2 aliphatic rings. The summed E-state index contributed by atoms with van der Waals surface area (Å²) < 4.78 is 6.68. The highest BCUT2D eigenvalue weighted by molar-refractivity contribution is 9.10. The van der Waals surface area contributed by atoms with Crippen LogP contribution < -0.4 is 5.32 Å². The predicted octanol–water partition coefficient (Wildman–Crippen LogP) is 3.79. The molecule has 0 saturated carbocycles. The van der Waals surface area contributed by atoms with Crippen LogP contribution in [0.25, 0.3) is 0 Å². The van der Waals surface area contributed by atoms with Gasteiger partial charge in [-0.2, -0.15) is 0 Å². The number of esters is 1. The van der Waals surface area contributed by atoms with Gasteiger partial charge in [0.25, 0.3) is 0 Å². The molecule has 0 radical (unpaired) electrons. The van der Waals surface area contributed by atoms with Gasteiger partial charge in [-0.1, -0.05) is 53.2 Å². The van der Waals surface area contributed by atoms with Crippen molar-refractivity contribution in [3.63, 3.8) is 0 Å². The summed E-state index contributed by atoms with van der Waals surface area (Å²) in [5, 5.41) is 3.25. The van der Waals surface area contributed by atoms with Crippen molar-refractivity contribution in [3.05, 3.63) is 69.2 Å². The molecule has 2 unspecified atom stereocenters. The average Bonchev–Trinajstić information content (AvgIpc) is 3.20. The molecule has 0 aliphatic carbocycles. The number of fused-ring (bicyclic) bond motifs is 2. The first-order valence-electron chi connectivity index (χ1n) is 8.39. The summed E-state index contributed by atoms with van der Waals surface area (Å²) in [5.74, 6) is -0.768. The molecule has 1 spiro atoms. The smallest absolute Gasteiger partial charge is 0.340 e. The van der Waals surface area contributed by atoms with Gasteiger partial charge in [-0.3, -0.25) is 4.79 Å². The van der Waals surface area contributed by atoms with Gasteiger partial charge in [-0.05, 0) is 24.2 Å². The van der Waals surface area contributed by atoms with Crippen LogP contribution in [0.3, 0.4) is 0 Å². The standard InChI is InChI=1S/C20H18BrNO3/c1-12(13-5-7-14(21)8-6-13)18(23)15-3-2-4-16-17(15)19(24)25-20(16)9-10-22-11-20/h2-8,12,22H,9-11H2,1H3. The zero-order valence-corrected chi connectivity index (χ0v) is 15.4. The van der Waals surface area contributed by atoms with Gasteiger partial charge >= 0.3 is 5.97 Å². The van der Waals surface area contributed by atoms with E-state index < -0.39 is 5.60 Å². The van der Waals surface area contributed by atoms with Crippen LogP contribution >= 0.6 is 15.9 Å². The maximum absolute atomic E-state index is 13.1. The monoisotopic (exact) mass is 399 g/mol. The van der Waals surface area contributed by atoms with Gasteiger partial charge < -0.3 is 10.1 Å². The van der Waals surface area contributed by atoms with Crippen LogP contribution in [0.4, 0.5) is 0 Å². The third-order valence-electron chi connectivity index (χ3n) is 5.19. The molecule has 2 atom stereocenters. The molecule has 25 heavy (non-hydrogen) atoms. The van der Waals surface area contributed by atoms with E-state index in [0.717, 1.165) is 28.6 Å². The lowest BCUT2D eigenvalue weighted by molar-refractivity contribution is 0.00158. The maximum atomic E-state index is 13.1. The number of hydrogen-bond acceptors (Lipinski definition) is 4.